The normalized spacial score (nSPS) is 5.31. The van der Waals surface area contributed by atoms with E-state index in [-0.39, 0.29) is 0 Å². The zero-order valence-electron chi connectivity index (χ0n) is 10.1. The Hall–Kier alpha value is -0.980. The van der Waals surface area contributed by atoms with Gasteiger partial charge in [-0.05, 0) is 13.1 Å². The van der Waals surface area contributed by atoms with Gasteiger partial charge in [-0.1, -0.05) is 47.3 Å². The van der Waals surface area contributed by atoms with Gasteiger partial charge in [0.05, 0.1) is 0 Å². The molecule has 1 nitrogen and oxygen atoms in total. The van der Waals surface area contributed by atoms with Crippen LogP contribution in [0.25, 0.3) is 0 Å². The molecule has 0 saturated carbocycles. The van der Waals surface area contributed by atoms with Gasteiger partial charge >= 0.3 is 0 Å². The Morgan fingerprint density at radius 1 is 1.23 bits per heavy atom. The van der Waals surface area contributed by atoms with E-state index in [1.54, 1.807) is 6.20 Å². The molecule has 0 aromatic rings. The van der Waals surface area contributed by atoms with E-state index >= 15 is 0 Å². The lowest BCUT2D eigenvalue weighted by Gasteiger charge is -1.90. The molecular weight excluding hydrogens is 158 g/mol. The van der Waals surface area contributed by atoms with Crippen molar-refractivity contribution in [3.63, 3.8) is 0 Å². The van der Waals surface area contributed by atoms with E-state index in [1.165, 1.54) is 6.42 Å². The van der Waals surface area contributed by atoms with Crippen molar-refractivity contribution in [2.45, 2.75) is 41.0 Å². The predicted octanol–water partition coefficient (Wildman–Crippen LogP) is 4.50. The fraction of sp³-hybridized carbons (Fsp3) is 0.500. The van der Waals surface area contributed by atoms with Crippen molar-refractivity contribution >= 4 is 0 Å². The maximum atomic E-state index is 3.56. The molecular formula is C12H27N. The zero-order valence-corrected chi connectivity index (χ0v) is 10.1. The minimum Gasteiger partial charge on any atom is -0.366 e. The monoisotopic (exact) mass is 185 g/mol. The van der Waals surface area contributed by atoms with Gasteiger partial charge in [-0.15, -0.1) is 13.2 Å². The fourth-order valence-electron chi connectivity index (χ4n) is 0.174. The molecule has 80 valence electrons. The lowest BCUT2D eigenvalue weighted by molar-refractivity contribution is 1.07. The van der Waals surface area contributed by atoms with Crippen molar-refractivity contribution in [1.82, 2.24) is 5.32 Å². The third-order valence-electron chi connectivity index (χ3n) is 0.348. The minimum absolute atomic E-state index is 0.921. The Labute approximate surface area is 85.3 Å². The summed E-state index contributed by atoms with van der Waals surface area (Å²) in [5.74, 6) is 0. The van der Waals surface area contributed by atoms with Crippen LogP contribution in [-0.4, -0.2) is 0 Å². The predicted molar refractivity (Wildman–Crippen MR) is 66.7 cm³/mol. The van der Waals surface area contributed by atoms with Gasteiger partial charge < -0.3 is 5.32 Å². The van der Waals surface area contributed by atoms with Gasteiger partial charge in [0.2, 0.25) is 0 Å². The number of hydrogen-bond donors (Lipinski definition) is 1. The first-order valence-corrected chi connectivity index (χ1v) is 4.71. The third kappa shape index (κ3) is 220. The molecule has 0 amide bonds. The van der Waals surface area contributed by atoms with Gasteiger partial charge in [0.15, 0.2) is 0 Å². The van der Waals surface area contributed by atoms with Crippen LogP contribution in [0.15, 0.2) is 38.2 Å². The van der Waals surface area contributed by atoms with Crippen molar-refractivity contribution in [1.29, 1.82) is 0 Å². The van der Waals surface area contributed by atoms with Crippen molar-refractivity contribution in [3.05, 3.63) is 38.2 Å². The molecule has 0 radical (unpaired) electrons. The van der Waals surface area contributed by atoms with Crippen molar-refractivity contribution in [3.8, 4) is 0 Å². The second kappa shape index (κ2) is 43.9. The van der Waals surface area contributed by atoms with Crippen LogP contribution in [0.3, 0.4) is 0 Å². The summed E-state index contributed by atoms with van der Waals surface area (Å²) >= 11 is 0. The lowest BCUT2D eigenvalue weighted by Crippen LogP contribution is -1.96. The summed E-state index contributed by atoms with van der Waals surface area (Å²) in [6, 6.07) is 0. The number of hydrogen-bond acceptors (Lipinski definition) is 1. The number of rotatable bonds is 2. The quantitative estimate of drug-likeness (QED) is 0.625. The van der Waals surface area contributed by atoms with Crippen LogP contribution in [0.4, 0.5) is 0 Å². The van der Waals surface area contributed by atoms with E-state index in [0.29, 0.717) is 0 Å². The topological polar surface area (TPSA) is 12.0 Å². The van der Waals surface area contributed by atoms with E-state index < -0.39 is 0 Å². The van der Waals surface area contributed by atoms with Crippen LogP contribution in [0.5, 0.6) is 0 Å². The highest BCUT2D eigenvalue weighted by molar-refractivity contribution is 4.88. The standard InChI is InChI=1S/C5H9N.C3H8.C2H6.C2H4/c1-4-6-5(2)3;1-3-2;2*1-2/h4,6H,1-2H2,3H3;3H2,1-2H3;1-2H3;1-2H2. The highest BCUT2D eigenvalue weighted by Gasteiger charge is 1.66. The Balaban J connectivity index is -0.0000000493. The molecule has 0 fully saturated rings. The van der Waals surface area contributed by atoms with Gasteiger partial charge in [-0.3, -0.25) is 0 Å². The molecule has 0 bridgehead atoms. The van der Waals surface area contributed by atoms with Crippen LogP contribution in [0.2, 0.25) is 0 Å². The highest BCUT2D eigenvalue weighted by Crippen LogP contribution is 1.72. The summed E-state index contributed by atoms with van der Waals surface area (Å²) in [4.78, 5) is 0. The lowest BCUT2D eigenvalue weighted by atomic mass is 10.6. The van der Waals surface area contributed by atoms with Gasteiger partial charge in [-0.25, -0.2) is 0 Å². The molecule has 0 rings (SSSR count). The van der Waals surface area contributed by atoms with Crippen LogP contribution >= 0.6 is 0 Å². The van der Waals surface area contributed by atoms with Gasteiger partial charge in [-0.2, -0.15) is 0 Å². The van der Waals surface area contributed by atoms with Gasteiger partial charge in [0.1, 0.15) is 0 Å². The van der Waals surface area contributed by atoms with Crippen molar-refractivity contribution < 1.29 is 0 Å². The summed E-state index contributed by atoms with van der Waals surface area (Å²) in [7, 11) is 0. The first-order chi connectivity index (χ1) is 6.18. The van der Waals surface area contributed by atoms with Gasteiger partial charge in [0.25, 0.3) is 0 Å². The summed E-state index contributed by atoms with van der Waals surface area (Å²) in [5.41, 5.74) is 0.921. The Morgan fingerprint density at radius 3 is 1.46 bits per heavy atom. The molecule has 0 spiro atoms. The molecule has 0 heterocycles. The van der Waals surface area contributed by atoms with E-state index in [4.69, 9.17) is 0 Å². The highest BCUT2D eigenvalue weighted by atomic mass is 14.8. The van der Waals surface area contributed by atoms with Crippen LogP contribution in [-0.2, 0) is 0 Å². The molecule has 0 aliphatic carbocycles. The number of allylic oxidation sites excluding steroid dienone is 1. The van der Waals surface area contributed by atoms with Gasteiger partial charge in [0, 0.05) is 5.70 Å². The van der Waals surface area contributed by atoms with Crippen LogP contribution in [0, 0.1) is 0 Å². The van der Waals surface area contributed by atoms with E-state index in [0.717, 1.165) is 5.70 Å². The Kier molecular flexibility index (Phi) is 76.6. The molecule has 1 heteroatoms. The van der Waals surface area contributed by atoms with Crippen molar-refractivity contribution in [2.75, 3.05) is 0 Å². The summed E-state index contributed by atoms with van der Waals surface area (Å²) in [6.07, 6.45) is 2.85. The second-order valence-corrected chi connectivity index (χ2v) is 1.84. The smallest absolute Gasteiger partial charge is 0.00418 e. The molecule has 0 unspecified atom stereocenters. The first-order valence-electron chi connectivity index (χ1n) is 4.71. The molecule has 0 aromatic heterocycles. The molecule has 0 atom stereocenters. The zero-order chi connectivity index (χ0) is 11.7. The summed E-state index contributed by atoms with van der Waals surface area (Å²) in [5, 5.41) is 2.78. The average Bonchev–Trinajstić information content (AvgIpc) is 2.12. The third-order valence-corrected chi connectivity index (χ3v) is 0.348. The minimum atomic E-state index is 0.921. The van der Waals surface area contributed by atoms with Crippen LogP contribution < -0.4 is 5.32 Å². The largest absolute Gasteiger partial charge is 0.366 e. The molecule has 0 aliphatic rings. The molecule has 1 N–H and O–H groups in total. The van der Waals surface area contributed by atoms with E-state index in [1.807, 2.05) is 20.8 Å². The average molecular weight is 185 g/mol. The maximum absolute atomic E-state index is 3.56. The SMILES string of the molecule is C=C.C=CNC(=C)C.CC.CCC. The Morgan fingerprint density at radius 2 is 1.46 bits per heavy atom. The fourth-order valence-corrected chi connectivity index (χ4v) is 0.174. The maximum Gasteiger partial charge on any atom is 0.00418 e. The molecule has 0 aromatic carbocycles. The first kappa shape index (κ1) is 22.7. The molecule has 0 saturated heterocycles. The summed E-state index contributed by atoms with van der Waals surface area (Å²) in [6.45, 7) is 23.1. The van der Waals surface area contributed by atoms with E-state index in [9.17, 15) is 0 Å². The van der Waals surface area contributed by atoms with Crippen molar-refractivity contribution in [2.24, 2.45) is 0 Å². The van der Waals surface area contributed by atoms with E-state index in [2.05, 4.69) is 45.5 Å². The summed E-state index contributed by atoms with van der Waals surface area (Å²) < 4.78 is 0. The Bertz CT molecular complexity index is 85.1. The molecule has 13 heavy (non-hydrogen) atoms. The second-order valence-electron chi connectivity index (χ2n) is 1.84. The number of nitrogens with one attached hydrogen (secondary N) is 1. The molecule has 0 aliphatic heterocycles. The van der Waals surface area contributed by atoms with Crippen LogP contribution in [0.1, 0.15) is 41.0 Å².